The lowest BCUT2D eigenvalue weighted by molar-refractivity contribution is -0.117. The second kappa shape index (κ2) is 8.30. The standard InChI is InChI=1S/C27H21N9O/c1-14-4-5-28-11-20(14)21-12-30-13-22-23(21)34-26(33-22)24-19-7-17(9-31-25(19)36-35-24)16-6-18(10-29-8-16)32-27(37)15-2-3-15/h4-13,15H,2-3H2,1H3,(H,32,37)(H,33,34)(H,31,35,36). The van der Waals surface area contributed by atoms with E-state index < -0.39 is 0 Å². The number of fused-ring (bicyclic) bond motifs is 2. The van der Waals surface area contributed by atoms with Crippen LogP contribution in [0.3, 0.4) is 0 Å². The molecule has 0 aromatic carbocycles. The second-order valence-electron chi connectivity index (χ2n) is 9.28. The SMILES string of the molecule is Cc1ccncc1-c1cncc2[nH]c(-c3[nH]nc4ncc(-c5cncc(NC(=O)C6CC6)c5)cc34)nc12. The van der Waals surface area contributed by atoms with Crippen LogP contribution in [-0.2, 0) is 4.79 Å². The van der Waals surface area contributed by atoms with Gasteiger partial charge in [0.25, 0.3) is 0 Å². The minimum atomic E-state index is 0.0462. The summed E-state index contributed by atoms with van der Waals surface area (Å²) in [6.45, 7) is 2.04. The summed E-state index contributed by atoms with van der Waals surface area (Å²) in [6.07, 6.45) is 14.2. The van der Waals surface area contributed by atoms with Crippen molar-refractivity contribution in [2.45, 2.75) is 19.8 Å². The molecule has 10 heteroatoms. The third kappa shape index (κ3) is 3.79. The summed E-state index contributed by atoms with van der Waals surface area (Å²) < 4.78 is 0. The van der Waals surface area contributed by atoms with Crippen molar-refractivity contribution in [3.63, 3.8) is 0 Å². The van der Waals surface area contributed by atoms with Crippen LogP contribution in [0, 0.1) is 12.8 Å². The van der Waals surface area contributed by atoms with Gasteiger partial charge in [-0.3, -0.25) is 24.8 Å². The van der Waals surface area contributed by atoms with E-state index in [0.29, 0.717) is 17.2 Å². The summed E-state index contributed by atoms with van der Waals surface area (Å²) in [6, 6.07) is 5.88. The number of amides is 1. The highest BCUT2D eigenvalue weighted by Crippen LogP contribution is 2.33. The van der Waals surface area contributed by atoms with Crippen molar-refractivity contribution in [1.29, 1.82) is 0 Å². The molecule has 1 fully saturated rings. The number of rotatable bonds is 5. The number of anilines is 1. The van der Waals surface area contributed by atoms with Crippen LogP contribution in [-0.4, -0.2) is 46.0 Å². The first-order valence-electron chi connectivity index (χ1n) is 12.0. The van der Waals surface area contributed by atoms with Crippen LogP contribution in [0.25, 0.3) is 55.8 Å². The van der Waals surface area contributed by atoms with Crippen LogP contribution < -0.4 is 5.32 Å². The molecule has 6 heterocycles. The molecular formula is C27H21N9O. The van der Waals surface area contributed by atoms with Crippen molar-refractivity contribution in [3.8, 4) is 33.8 Å². The molecule has 0 atom stereocenters. The van der Waals surface area contributed by atoms with Gasteiger partial charge in [0.15, 0.2) is 11.5 Å². The molecule has 7 rings (SSSR count). The third-order valence-electron chi connectivity index (χ3n) is 6.66. The van der Waals surface area contributed by atoms with E-state index >= 15 is 0 Å². The number of pyridine rings is 4. The number of nitrogens with zero attached hydrogens (tertiary/aromatic N) is 6. The van der Waals surface area contributed by atoms with Crippen LogP contribution >= 0.6 is 0 Å². The fourth-order valence-electron chi connectivity index (χ4n) is 4.49. The quantitative estimate of drug-likeness (QED) is 0.321. The first-order valence-corrected chi connectivity index (χ1v) is 12.0. The molecule has 1 aliphatic rings. The van der Waals surface area contributed by atoms with Gasteiger partial charge in [-0.25, -0.2) is 9.97 Å². The van der Waals surface area contributed by atoms with Gasteiger partial charge in [0.05, 0.1) is 29.0 Å². The Balaban J connectivity index is 1.29. The molecule has 0 saturated heterocycles. The maximum atomic E-state index is 12.2. The lowest BCUT2D eigenvalue weighted by atomic mass is 10.0. The largest absolute Gasteiger partial charge is 0.335 e. The van der Waals surface area contributed by atoms with Crippen LogP contribution in [0.2, 0.25) is 0 Å². The molecule has 0 unspecified atom stereocenters. The first-order chi connectivity index (χ1) is 18.1. The van der Waals surface area contributed by atoms with Crippen molar-refractivity contribution in [2.24, 2.45) is 5.92 Å². The third-order valence-corrected chi connectivity index (χ3v) is 6.66. The van der Waals surface area contributed by atoms with E-state index in [1.807, 2.05) is 37.5 Å². The Morgan fingerprint density at radius 1 is 0.973 bits per heavy atom. The lowest BCUT2D eigenvalue weighted by Crippen LogP contribution is -2.13. The molecule has 0 aliphatic heterocycles. The number of imidazole rings is 1. The number of nitrogens with one attached hydrogen (secondary N) is 3. The Bertz CT molecular complexity index is 1820. The maximum absolute atomic E-state index is 12.2. The topological polar surface area (TPSA) is 138 Å². The molecular weight excluding hydrogens is 466 g/mol. The minimum absolute atomic E-state index is 0.0462. The second-order valence-corrected chi connectivity index (χ2v) is 9.28. The Morgan fingerprint density at radius 2 is 1.81 bits per heavy atom. The summed E-state index contributed by atoms with van der Waals surface area (Å²) >= 11 is 0. The predicted molar refractivity (Wildman–Crippen MR) is 139 cm³/mol. The van der Waals surface area contributed by atoms with Crippen molar-refractivity contribution < 1.29 is 4.79 Å². The van der Waals surface area contributed by atoms with Gasteiger partial charge in [-0.05, 0) is 43.5 Å². The molecule has 0 spiro atoms. The number of hydrogen-bond donors (Lipinski definition) is 3. The predicted octanol–water partition coefficient (Wildman–Crippen LogP) is 4.68. The Kier molecular flexibility index (Phi) is 4.78. The Hall–Kier alpha value is -4.99. The van der Waals surface area contributed by atoms with Crippen LogP contribution in [0.4, 0.5) is 5.69 Å². The van der Waals surface area contributed by atoms with Crippen molar-refractivity contribution >= 4 is 33.7 Å². The fraction of sp³-hybridized carbons (Fsp3) is 0.148. The monoisotopic (exact) mass is 487 g/mol. The molecule has 37 heavy (non-hydrogen) atoms. The van der Waals surface area contributed by atoms with Crippen molar-refractivity contribution in [1.82, 2.24) is 40.1 Å². The molecule has 1 aliphatic carbocycles. The molecule has 0 radical (unpaired) electrons. The first kappa shape index (κ1) is 21.3. The minimum Gasteiger partial charge on any atom is -0.335 e. The summed E-state index contributed by atoms with van der Waals surface area (Å²) in [4.78, 5) is 38.0. The molecule has 0 bridgehead atoms. The van der Waals surface area contributed by atoms with Gasteiger partial charge in [-0.15, -0.1) is 0 Å². The highest BCUT2D eigenvalue weighted by molar-refractivity contribution is 5.97. The van der Waals surface area contributed by atoms with E-state index in [4.69, 9.17) is 4.98 Å². The van der Waals surface area contributed by atoms with Gasteiger partial charge in [-0.2, -0.15) is 5.10 Å². The van der Waals surface area contributed by atoms with Crippen LogP contribution in [0.5, 0.6) is 0 Å². The smallest absolute Gasteiger partial charge is 0.227 e. The number of aromatic nitrogens is 8. The van der Waals surface area contributed by atoms with Gasteiger partial charge in [0.1, 0.15) is 11.2 Å². The van der Waals surface area contributed by atoms with Gasteiger partial charge in [0, 0.05) is 59.2 Å². The van der Waals surface area contributed by atoms with Gasteiger partial charge >= 0.3 is 0 Å². The number of carbonyl (C=O) groups excluding carboxylic acids is 1. The number of hydrogen-bond acceptors (Lipinski definition) is 7. The van der Waals surface area contributed by atoms with Gasteiger partial charge < -0.3 is 10.3 Å². The van der Waals surface area contributed by atoms with Crippen molar-refractivity contribution in [2.75, 3.05) is 5.32 Å². The zero-order valence-electron chi connectivity index (χ0n) is 19.9. The average Bonchev–Trinajstić information content (AvgIpc) is 3.55. The average molecular weight is 488 g/mol. The van der Waals surface area contributed by atoms with E-state index in [0.717, 1.165) is 62.8 Å². The molecule has 180 valence electrons. The van der Waals surface area contributed by atoms with E-state index in [1.165, 1.54) is 0 Å². The van der Waals surface area contributed by atoms with Gasteiger partial charge in [0.2, 0.25) is 5.91 Å². The molecule has 6 aromatic heterocycles. The number of carbonyl (C=O) groups is 1. The van der Waals surface area contributed by atoms with Crippen molar-refractivity contribution in [3.05, 3.63) is 67.1 Å². The molecule has 1 amide bonds. The van der Waals surface area contributed by atoms with E-state index in [-0.39, 0.29) is 11.8 Å². The van der Waals surface area contributed by atoms with E-state index in [1.54, 1.807) is 31.0 Å². The Morgan fingerprint density at radius 3 is 2.68 bits per heavy atom. The summed E-state index contributed by atoms with van der Waals surface area (Å²) in [7, 11) is 0. The van der Waals surface area contributed by atoms with Gasteiger partial charge in [-0.1, -0.05) is 0 Å². The number of aryl methyl sites for hydroxylation is 1. The highest BCUT2D eigenvalue weighted by Gasteiger charge is 2.29. The Labute approximate surface area is 210 Å². The zero-order valence-corrected chi connectivity index (χ0v) is 19.9. The zero-order chi connectivity index (χ0) is 24.9. The molecule has 10 nitrogen and oxygen atoms in total. The normalized spacial score (nSPS) is 13.3. The van der Waals surface area contributed by atoms with E-state index in [9.17, 15) is 4.79 Å². The molecule has 3 N–H and O–H groups in total. The summed E-state index contributed by atoms with van der Waals surface area (Å²) in [5, 5.41) is 11.2. The summed E-state index contributed by atoms with van der Waals surface area (Å²) in [5.41, 5.74) is 8.27. The van der Waals surface area contributed by atoms with Crippen LogP contribution in [0.1, 0.15) is 18.4 Å². The number of H-pyrrole nitrogens is 2. The van der Waals surface area contributed by atoms with E-state index in [2.05, 4.69) is 40.4 Å². The fourth-order valence-corrected chi connectivity index (χ4v) is 4.49. The lowest BCUT2D eigenvalue weighted by Gasteiger charge is -2.06. The maximum Gasteiger partial charge on any atom is 0.227 e. The van der Waals surface area contributed by atoms with Crippen LogP contribution in [0.15, 0.2) is 61.6 Å². The molecule has 1 saturated carbocycles. The summed E-state index contributed by atoms with van der Waals surface area (Å²) in [5.74, 6) is 0.803. The highest BCUT2D eigenvalue weighted by atomic mass is 16.2. The number of aromatic amines is 2. The molecule has 6 aromatic rings.